The summed E-state index contributed by atoms with van der Waals surface area (Å²) in [5, 5.41) is 6.20. The molecular formula is C19H25NO. The van der Waals surface area contributed by atoms with Gasteiger partial charge in [0.25, 0.3) is 0 Å². The molecule has 0 radical (unpaired) electrons. The van der Waals surface area contributed by atoms with E-state index in [2.05, 4.69) is 42.6 Å². The molecule has 2 heteroatoms. The van der Waals surface area contributed by atoms with Gasteiger partial charge in [-0.05, 0) is 53.4 Å². The van der Waals surface area contributed by atoms with Gasteiger partial charge in [-0.1, -0.05) is 44.4 Å². The Balaban J connectivity index is 1.86. The van der Waals surface area contributed by atoms with Gasteiger partial charge in [-0.15, -0.1) is 0 Å². The Labute approximate surface area is 127 Å². The van der Waals surface area contributed by atoms with Crippen LogP contribution in [0.25, 0.3) is 10.8 Å². The second kappa shape index (κ2) is 6.48. The van der Waals surface area contributed by atoms with Crippen molar-refractivity contribution in [3.8, 4) is 5.75 Å². The van der Waals surface area contributed by atoms with Crippen molar-refractivity contribution in [2.75, 3.05) is 13.7 Å². The van der Waals surface area contributed by atoms with Crippen molar-refractivity contribution < 1.29 is 4.74 Å². The van der Waals surface area contributed by atoms with E-state index in [1.54, 1.807) is 7.11 Å². The Morgan fingerprint density at radius 2 is 1.90 bits per heavy atom. The number of hydrogen-bond donors (Lipinski definition) is 1. The zero-order valence-corrected chi connectivity index (χ0v) is 13.1. The van der Waals surface area contributed by atoms with Gasteiger partial charge in [0.05, 0.1) is 7.11 Å². The molecule has 112 valence electrons. The van der Waals surface area contributed by atoms with Crippen molar-refractivity contribution >= 4 is 10.8 Å². The number of rotatable bonds is 6. The Bertz CT molecular complexity index is 604. The number of benzene rings is 2. The number of nitrogens with one attached hydrogen (secondary N) is 1. The first-order chi connectivity index (χ1) is 10.3. The molecule has 1 unspecified atom stereocenters. The Hall–Kier alpha value is -1.54. The van der Waals surface area contributed by atoms with Gasteiger partial charge in [0, 0.05) is 6.04 Å². The van der Waals surface area contributed by atoms with E-state index in [0.29, 0.717) is 6.04 Å². The van der Waals surface area contributed by atoms with Gasteiger partial charge in [-0.3, -0.25) is 0 Å². The molecule has 1 aliphatic carbocycles. The molecule has 0 spiro atoms. The number of ether oxygens (including phenoxy) is 1. The first kappa shape index (κ1) is 14.4. The van der Waals surface area contributed by atoms with Crippen LogP contribution in [0.1, 0.15) is 44.2 Å². The molecule has 21 heavy (non-hydrogen) atoms. The van der Waals surface area contributed by atoms with Gasteiger partial charge in [0.15, 0.2) is 0 Å². The molecule has 1 saturated carbocycles. The molecule has 0 amide bonds. The smallest absolute Gasteiger partial charge is 0.119 e. The Morgan fingerprint density at radius 1 is 1.14 bits per heavy atom. The van der Waals surface area contributed by atoms with E-state index in [0.717, 1.165) is 18.2 Å². The van der Waals surface area contributed by atoms with Gasteiger partial charge in [0.1, 0.15) is 5.75 Å². The van der Waals surface area contributed by atoms with Crippen LogP contribution in [0.3, 0.4) is 0 Å². The van der Waals surface area contributed by atoms with Crippen LogP contribution < -0.4 is 10.1 Å². The van der Waals surface area contributed by atoms with Crippen LogP contribution in [0.15, 0.2) is 36.4 Å². The van der Waals surface area contributed by atoms with Crippen molar-refractivity contribution in [1.29, 1.82) is 0 Å². The molecular weight excluding hydrogens is 258 g/mol. The molecule has 0 heterocycles. The zero-order valence-electron chi connectivity index (χ0n) is 13.1. The summed E-state index contributed by atoms with van der Waals surface area (Å²) < 4.78 is 5.30. The van der Waals surface area contributed by atoms with E-state index >= 15 is 0 Å². The fourth-order valence-electron chi connectivity index (χ4n) is 3.23. The summed E-state index contributed by atoms with van der Waals surface area (Å²) in [5.74, 6) is 1.84. The minimum absolute atomic E-state index is 0.492. The largest absolute Gasteiger partial charge is 0.497 e. The summed E-state index contributed by atoms with van der Waals surface area (Å²) in [6, 6.07) is 13.6. The third-order valence-corrected chi connectivity index (χ3v) is 4.72. The highest BCUT2D eigenvalue weighted by molar-refractivity contribution is 5.84. The molecule has 1 aliphatic rings. The highest BCUT2D eigenvalue weighted by Gasteiger charge is 2.22. The monoisotopic (exact) mass is 283 g/mol. The lowest BCUT2D eigenvalue weighted by molar-refractivity contribution is 0.262. The molecule has 0 saturated heterocycles. The maximum Gasteiger partial charge on any atom is 0.119 e. The van der Waals surface area contributed by atoms with E-state index in [1.165, 1.54) is 42.0 Å². The summed E-state index contributed by atoms with van der Waals surface area (Å²) in [7, 11) is 1.72. The van der Waals surface area contributed by atoms with Crippen molar-refractivity contribution in [3.63, 3.8) is 0 Å². The summed E-state index contributed by atoms with van der Waals surface area (Å²) >= 11 is 0. The second-order valence-electron chi connectivity index (χ2n) is 6.12. The lowest BCUT2D eigenvalue weighted by Gasteiger charge is -2.30. The van der Waals surface area contributed by atoms with Crippen molar-refractivity contribution in [2.45, 2.75) is 38.6 Å². The highest BCUT2D eigenvalue weighted by Crippen LogP contribution is 2.35. The van der Waals surface area contributed by atoms with E-state index < -0.39 is 0 Å². The van der Waals surface area contributed by atoms with Crippen LogP contribution >= 0.6 is 0 Å². The molecule has 1 fully saturated rings. The molecule has 0 aromatic heterocycles. The van der Waals surface area contributed by atoms with E-state index in [-0.39, 0.29) is 0 Å². The quantitative estimate of drug-likeness (QED) is 0.830. The van der Waals surface area contributed by atoms with E-state index in [9.17, 15) is 0 Å². The molecule has 0 aliphatic heterocycles. The number of hydrogen-bond acceptors (Lipinski definition) is 2. The van der Waals surface area contributed by atoms with Crippen molar-refractivity contribution in [2.24, 2.45) is 5.92 Å². The number of methoxy groups -OCH3 is 1. The summed E-state index contributed by atoms with van der Waals surface area (Å²) in [5.41, 5.74) is 1.42. The molecule has 2 aromatic rings. The fraction of sp³-hybridized carbons (Fsp3) is 0.474. The fourth-order valence-corrected chi connectivity index (χ4v) is 3.23. The topological polar surface area (TPSA) is 21.3 Å². The van der Waals surface area contributed by atoms with Crippen molar-refractivity contribution in [1.82, 2.24) is 5.32 Å². The Morgan fingerprint density at radius 3 is 2.57 bits per heavy atom. The third kappa shape index (κ3) is 3.21. The zero-order chi connectivity index (χ0) is 14.7. The average molecular weight is 283 g/mol. The predicted octanol–water partition coefficient (Wildman–Crippen LogP) is 4.69. The molecule has 2 nitrogen and oxygen atoms in total. The second-order valence-corrected chi connectivity index (χ2v) is 6.12. The normalized spacial score (nSPS) is 16.7. The van der Waals surface area contributed by atoms with E-state index in [4.69, 9.17) is 4.74 Å². The summed E-state index contributed by atoms with van der Waals surface area (Å²) in [4.78, 5) is 0. The maximum absolute atomic E-state index is 5.30. The average Bonchev–Trinajstić information content (AvgIpc) is 2.48. The molecule has 1 N–H and O–H groups in total. The standard InChI is InChI=1S/C19H25NO/c1-3-20-19(11-14-5-4-6-14)17-8-7-16-13-18(21-2)10-9-15(16)12-17/h7-10,12-14,19-20H,3-6,11H2,1-2H3. The van der Waals surface area contributed by atoms with Crippen molar-refractivity contribution in [3.05, 3.63) is 42.0 Å². The van der Waals surface area contributed by atoms with Gasteiger partial charge in [-0.2, -0.15) is 0 Å². The SMILES string of the molecule is CCNC(CC1CCC1)c1ccc2cc(OC)ccc2c1. The minimum Gasteiger partial charge on any atom is -0.497 e. The molecule has 3 rings (SSSR count). The van der Waals surface area contributed by atoms with Crippen LogP contribution in [0.4, 0.5) is 0 Å². The van der Waals surface area contributed by atoms with Gasteiger partial charge >= 0.3 is 0 Å². The molecule has 2 aromatic carbocycles. The third-order valence-electron chi connectivity index (χ3n) is 4.72. The first-order valence-electron chi connectivity index (χ1n) is 8.11. The lowest BCUT2D eigenvalue weighted by Crippen LogP contribution is -2.25. The maximum atomic E-state index is 5.30. The summed E-state index contributed by atoms with van der Waals surface area (Å²) in [6.45, 7) is 3.22. The van der Waals surface area contributed by atoms with Crippen LogP contribution in [0.5, 0.6) is 5.75 Å². The molecule has 0 bridgehead atoms. The first-order valence-corrected chi connectivity index (χ1v) is 8.11. The summed E-state index contributed by atoms with van der Waals surface area (Å²) in [6.07, 6.45) is 5.51. The minimum atomic E-state index is 0.492. The predicted molar refractivity (Wildman–Crippen MR) is 88.9 cm³/mol. The van der Waals surface area contributed by atoms with Crippen LogP contribution in [-0.4, -0.2) is 13.7 Å². The van der Waals surface area contributed by atoms with Crippen LogP contribution in [0, 0.1) is 5.92 Å². The van der Waals surface area contributed by atoms with Gasteiger partial charge < -0.3 is 10.1 Å². The van der Waals surface area contributed by atoms with Gasteiger partial charge in [-0.25, -0.2) is 0 Å². The number of fused-ring (bicyclic) bond motifs is 1. The Kier molecular flexibility index (Phi) is 4.45. The van der Waals surface area contributed by atoms with Crippen LogP contribution in [-0.2, 0) is 0 Å². The van der Waals surface area contributed by atoms with Gasteiger partial charge in [0.2, 0.25) is 0 Å². The van der Waals surface area contributed by atoms with E-state index in [1.807, 2.05) is 6.07 Å². The highest BCUT2D eigenvalue weighted by atomic mass is 16.5. The lowest BCUT2D eigenvalue weighted by atomic mass is 9.79. The van der Waals surface area contributed by atoms with Crippen LogP contribution in [0.2, 0.25) is 0 Å². The molecule has 1 atom stereocenters.